The first-order chi connectivity index (χ1) is 20.4. The Bertz CT molecular complexity index is 1410. The fourth-order valence-electron chi connectivity index (χ4n) is 6.14. The molecule has 43 heavy (non-hydrogen) atoms. The quantitative estimate of drug-likeness (QED) is 0.339. The van der Waals surface area contributed by atoms with E-state index in [1.165, 1.54) is 12.1 Å². The van der Waals surface area contributed by atoms with Crippen molar-refractivity contribution in [1.82, 2.24) is 26.7 Å². The van der Waals surface area contributed by atoms with Crippen molar-refractivity contribution in [3.63, 3.8) is 0 Å². The Morgan fingerprint density at radius 3 is 2.47 bits per heavy atom. The van der Waals surface area contributed by atoms with Gasteiger partial charge in [0.15, 0.2) is 5.84 Å². The molecule has 0 radical (unpaired) electrons. The summed E-state index contributed by atoms with van der Waals surface area (Å²) in [5.41, 5.74) is 8.19. The molecule has 5 rings (SSSR count). The first kappa shape index (κ1) is 30.5. The zero-order chi connectivity index (χ0) is 30.8. The molecular formula is C31H38F3N7O2. The predicted molar refractivity (Wildman–Crippen MR) is 158 cm³/mol. The molecule has 12 heteroatoms. The Morgan fingerprint density at radius 2 is 1.84 bits per heavy atom. The number of hydrazone groups is 1. The highest BCUT2D eigenvalue weighted by Gasteiger charge is 2.50. The number of carbonyl (C=O) groups excluding carboxylic acids is 2. The Kier molecular flexibility index (Phi) is 8.51. The van der Waals surface area contributed by atoms with Crippen LogP contribution in [0.5, 0.6) is 0 Å². The van der Waals surface area contributed by atoms with Gasteiger partial charge in [0.2, 0.25) is 0 Å². The molecule has 230 valence electrons. The van der Waals surface area contributed by atoms with E-state index in [4.69, 9.17) is 4.99 Å². The van der Waals surface area contributed by atoms with Gasteiger partial charge in [-0.25, -0.2) is 5.53 Å². The van der Waals surface area contributed by atoms with Crippen molar-refractivity contribution in [3.05, 3.63) is 70.8 Å². The maximum atomic E-state index is 13.9. The number of halogens is 3. The number of amides is 2. The van der Waals surface area contributed by atoms with E-state index in [1.54, 1.807) is 17.0 Å². The molecule has 0 atom stereocenters. The van der Waals surface area contributed by atoms with Gasteiger partial charge in [-0.05, 0) is 73.3 Å². The smallest absolute Gasteiger partial charge is 0.345 e. The number of hydrogen-bond donors (Lipinski definition) is 4. The van der Waals surface area contributed by atoms with E-state index in [-0.39, 0.29) is 35.0 Å². The number of hydrogen-bond acceptors (Lipinski definition) is 7. The van der Waals surface area contributed by atoms with Crippen LogP contribution in [-0.4, -0.2) is 47.0 Å². The van der Waals surface area contributed by atoms with E-state index >= 15 is 0 Å². The standard InChI is InChI=1S/C31H38F3N7O2/c1-4-29(2,3)23-12-15-30(16-13-23)36-26(22-6-5-7-24(18-22)31(32,33)34)28(43)41(30)17-14-20-8-10-21(11-9-20)27(42)35-19-25-37-39-40-38-25/h5-11,18,23,39-40H,4,12-17,19H2,1-3H3,(H,35,42)(H,37,38). The summed E-state index contributed by atoms with van der Waals surface area (Å²) in [5, 5.41) is 6.70. The summed E-state index contributed by atoms with van der Waals surface area (Å²) in [5.74, 6) is 0.447. The summed E-state index contributed by atoms with van der Waals surface area (Å²) in [6, 6.07) is 12.1. The highest BCUT2D eigenvalue weighted by Crippen LogP contribution is 2.48. The molecule has 3 aliphatic rings. The maximum absolute atomic E-state index is 13.9. The third kappa shape index (κ3) is 6.53. The van der Waals surface area contributed by atoms with Crippen LogP contribution < -0.4 is 21.8 Å². The van der Waals surface area contributed by atoms with Gasteiger partial charge in [-0.3, -0.25) is 20.0 Å². The van der Waals surface area contributed by atoms with Crippen molar-refractivity contribution < 1.29 is 22.8 Å². The largest absolute Gasteiger partial charge is 0.416 e. The first-order valence-corrected chi connectivity index (χ1v) is 14.7. The minimum absolute atomic E-state index is 0.0954. The van der Waals surface area contributed by atoms with Crippen LogP contribution in [0, 0.1) is 11.3 Å². The summed E-state index contributed by atoms with van der Waals surface area (Å²) in [6.45, 7) is 7.31. The zero-order valence-corrected chi connectivity index (χ0v) is 24.6. The van der Waals surface area contributed by atoms with Crippen molar-refractivity contribution in [2.45, 2.75) is 71.1 Å². The molecule has 0 bridgehead atoms. The highest BCUT2D eigenvalue weighted by atomic mass is 19.4. The summed E-state index contributed by atoms with van der Waals surface area (Å²) in [4.78, 5) is 33.1. The van der Waals surface area contributed by atoms with Gasteiger partial charge in [-0.1, -0.05) is 51.5 Å². The molecule has 1 spiro atoms. The minimum Gasteiger partial charge on any atom is -0.345 e. The molecule has 9 nitrogen and oxygen atoms in total. The van der Waals surface area contributed by atoms with Crippen molar-refractivity contribution >= 4 is 23.4 Å². The summed E-state index contributed by atoms with van der Waals surface area (Å²) in [7, 11) is 0. The van der Waals surface area contributed by atoms with E-state index in [1.807, 2.05) is 12.1 Å². The number of hydrazine groups is 2. The van der Waals surface area contributed by atoms with E-state index in [2.05, 4.69) is 47.7 Å². The lowest BCUT2D eigenvalue weighted by Gasteiger charge is -2.45. The van der Waals surface area contributed by atoms with Crippen LogP contribution in [0.4, 0.5) is 13.2 Å². The van der Waals surface area contributed by atoms with Gasteiger partial charge in [0.05, 0.1) is 12.1 Å². The molecule has 2 aromatic carbocycles. The number of rotatable bonds is 9. The molecule has 2 aromatic rings. The lowest BCUT2D eigenvalue weighted by atomic mass is 9.67. The summed E-state index contributed by atoms with van der Waals surface area (Å²) >= 11 is 0. The maximum Gasteiger partial charge on any atom is 0.416 e. The predicted octanol–water partition coefficient (Wildman–Crippen LogP) is 4.56. The highest BCUT2D eigenvalue weighted by molar-refractivity contribution is 6.46. The molecule has 0 aromatic heterocycles. The normalized spacial score (nSPS) is 22.2. The van der Waals surface area contributed by atoms with Gasteiger partial charge < -0.3 is 10.2 Å². The second-order valence-corrected chi connectivity index (χ2v) is 12.1. The van der Waals surface area contributed by atoms with Crippen molar-refractivity contribution in [3.8, 4) is 0 Å². The van der Waals surface area contributed by atoms with Gasteiger partial charge in [0.1, 0.15) is 11.4 Å². The number of amidine groups is 1. The molecule has 2 amide bonds. The van der Waals surface area contributed by atoms with Crippen molar-refractivity contribution in [1.29, 1.82) is 0 Å². The Hall–Kier alpha value is -3.93. The second-order valence-electron chi connectivity index (χ2n) is 12.1. The topological polar surface area (TPSA) is 110 Å². The number of nitrogens with one attached hydrogen (secondary N) is 4. The van der Waals surface area contributed by atoms with E-state index < -0.39 is 17.4 Å². The first-order valence-electron chi connectivity index (χ1n) is 14.7. The van der Waals surface area contributed by atoms with Crippen LogP contribution in [0.25, 0.3) is 0 Å². The van der Waals surface area contributed by atoms with E-state index in [9.17, 15) is 22.8 Å². The second kappa shape index (κ2) is 12.0. The molecule has 1 aliphatic carbocycles. The third-order valence-electron chi connectivity index (χ3n) is 9.25. The molecule has 2 heterocycles. The zero-order valence-electron chi connectivity index (χ0n) is 24.6. The number of aliphatic imine (C=N–C) groups is 1. The van der Waals surface area contributed by atoms with Crippen LogP contribution >= 0.6 is 0 Å². The van der Waals surface area contributed by atoms with E-state index in [0.29, 0.717) is 43.1 Å². The lowest BCUT2D eigenvalue weighted by Crippen LogP contribution is -2.50. The number of carbonyl (C=O) groups is 2. The minimum atomic E-state index is -4.52. The number of benzene rings is 2. The summed E-state index contributed by atoms with van der Waals surface area (Å²) < 4.78 is 40.5. The Morgan fingerprint density at radius 1 is 1.12 bits per heavy atom. The monoisotopic (exact) mass is 597 g/mol. The van der Waals surface area contributed by atoms with E-state index in [0.717, 1.165) is 37.0 Å². The van der Waals surface area contributed by atoms with Gasteiger partial charge in [0, 0.05) is 17.7 Å². The molecule has 1 fully saturated rings. The van der Waals surface area contributed by atoms with Crippen LogP contribution in [-0.2, 0) is 17.4 Å². The lowest BCUT2D eigenvalue weighted by molar-refractivity contribution is -0.137. The average Bonchev–Trinajstić information content (AvgIpc) is 3.61. The molecular weight excluding hydrogens is 559 g/mol. The van der Waals surface area contributed by atoms with Crippen molar-refractivity contribution in [2.75, 3.05) is 13.1 Å². The number of alkyl halides is 3. The van der Waals surface area contributed by atoms with Gasteiger partial charge in [-0.15, -0.1) is 10.6 Å². The van der Waals surface area contributed by atoms with Crippen LogP contribution in [0.3, 0.4) is 0 Å². The molecule has 4 N–H and O–H groups in total. The fraction of sp³-hybridized carbons (Fsp3) is 0.484. The summed E-state index contributed by atoms with van der Waals surface area (Å²) in [6.07, 6.45) is 0.157. The SMILES string of the molecule is CCC(C)(C)C1CCC2(CC1)N=C(c1cccc(C(F)(F)F)c1)C(=O)N2CCc1ccc(C(=O)NCC2=NNNN2)cc1. The van der Waals surface area contributed by atoms with Crippen LogP contribution in [0.15, 0.2) is 58.6 Å². The third-order valence-corrected chi connectivity index (χ3v) is 9.25. The average molecular weight is 598 g/mol. The van der Waals surface area contributed by atoms with Gasteiger partial charge in [-0.2, -0.15) is 13.2 Å². The fourth-order valence-corrected chi connectivity index (χ4v) is 6.14. The van der Waals surface area contributed by atoms with Crippen LogP contribution in [0.2, 0.25) is 0 Å². The van der Waals surface area contributed by atoms with Crippen LogP contribution in [0.1, 0.15) is 79.9 Å². The van der Waals surface area contributed by atoms with Gasteiger partial charge >= 0.3 is 6.18 Å². The molecule has 2 aliphatic heterocycles. The molecule has 0 unspecified atom stereocenters. The molecule has 1 saturated carbocycles. The Labute approximate surface area is 249 Å². The van der Waals surface area contributed by atoms with Crippen molar-refractivity contribution in [2.24, 2.45) is 21.4 Å². The molecule has 0 saturated heterocycles. The number of nitrogens with zero attached hydrogens (tertiary/aromatic N) is 3. The van der Waals surface area contributed by atoms with Gasteiger partial charge in [0.25, 0.3) is 11.8 Å². The Balaban J connectivity index is 1.33.